The van der Waals surface area contributed by atoms with Crippen LogP contribution in [0.25, 0.3) is 0 Å². The Morgan fingerprint density at radius 1 is 1.03 bits per heavy atom. The van der Waals surface area contributed by atoms with Gasteiger partial charge in [-0.25, -0.2) is 4.57 Å². The number of aryl methyl sites for hydroxylation is 1. The number of carbonyl (C=O) groups excluding carboxylic acids is 2. The Morgan fingerprint density at radius 3 is 2.78 bits per heavy atom. The lowest BCUT2D eigenvalue weighted by molar-refractivity contribution is -0.671. The molecule has 0 bridgehead atoms. The zero-order valence-electron chi connectivity index (χ0n) is 20.5. The number of nitrogens with zero attached hydrogens (tertiary/aromatic N) is 4. The highest BCUT2D eigenvalue weighted by Gasteiger charge is 2.22. The molecule has 8 heteroatoms. The van der Waals surface area contributed by atoms with Gasteiger partial charge >= 0.3 is 0 Å². The Hall–Kier alpha value is -4.17. The van der Waals surface area contributed by atoms with Crippen molar-refractivity contribution in [2.24, 2.45) is 17.3 Å². The third kappa shape index (κ3) is 5.39. The van der Waals surface area contributed by atoms with Gasteiger partial charge in [-0.05, 0) is 60.5 Å². The Morgan fingerprint density at radius 2 is 1.92 bits per heavy atom. The Kier molecular flexibility index (Phi) is 6.69. The van der Waals surface area contributed by atoms with Crippen molar-refractivity contribution < 1.29 is 14.2 Å². The van der Waals surface area contributed by atoms with E-state index in [4.69, 9.17) is 0 Å². The molecule has 0 atom stereocenters. The summed E-state index contributed by atoms with van der Waals surface area (Å²) >= 11 is 0. The van der Waals surface area contributed by atoms with E-state index in [-0.39, 0.29) is 11.8 Å². The lowest BCUT2D eigenvalue weighted by atomic mass is 9.99. The van der Waals surface area contributed by atoms with Crippen LogP contribution in [0.3, 0.4) is 0 Å². The minimum Gasteiger partial charge on any atom is -0.347 e. The standard InChI is InChI=1S/C28H28N6O2/c1-33-11-4-7-22(17-33)25-15-26(32-31-25)28(36)29-16-19-5-3-6-21(13-19)27(35)30-24-9-8-20-10-12-34(2)18-23(20)14-24/h3-9,11,13-14,17H,10,12,15-16,18H2,1-2H3,(H-,29,30,35,36)/p+1. The summed E-state index contributed by atoms with van der Waals surface area (Å²) in [6, 6.07) is 17.3. The van der Waals surface area contributed by atoms with Crippen LogP contribution < -0.4 is 15.2 Å². The van der Waals surface area contributed by atoms with Crippen molar-refractivity contribution in [3.63, 3.8) is 0 Å². The number of anilines is 1. The molecule has 182 valence electrons. The monoisotopic (exact) mass is 481 g/mol. The predicted molar refractivity (Wildman–Crippen MR) is 139 cm³/mol. The summed E-state index contributed by atoms with van der Waals surface area (Å²) in [7, 11) is 4.04. The highest BCUT2D eigenvalue weighted by molar-refractivity contribution is 6.44. The van der Waals surface area contributed by atoms with Gasteiger partial charge in [0, 0.05) is 43.4 Å². The molecule has 2 aliphatic heterocycles. The van der Waals surface area contributed by atoms with Crippen molar-refractivity contribution in [3.05, 3.63) is 94.8 Å². The number of likely N-dealkylation sites (N-methyl/N-ethyl adjacent to an activating group) is 1. The lowest BCUT2D eigenvalue weighted by Gasteiger charge is -2.25. The minimum atomic E-state index is -0.261. The van der Waals surface area contributed by atoms with Gasteiger partial charge in [0.1, 0.15) is 12.8 Å². The van der Waals surface area contributed by atoms with Gasteiger partial charge in [-0.3, -0.25) is 9.59 Å². The van der Waals surface area contributed by atoms with Gasteiger partial charge in [-0.1, -0.05) is 18.2 Å². The topological polar surface area (TPSA) is 90.0 Å². The number of carbonyl (C=O) groups is 2. The number of rotatable bonds is 6. The normalized spacial score (nSPS) is 15.1. The van der Waals surface area contributed by atoms with Gasteiger partial charge < -0.3 is 15.5 Å². The second kappa shape index (κ2) is 10.2. The molecular formula is C28H29N6O2+. The fourth-order valence-electron chi connectivity index (χ4n) is 4.48. The van der Waals surface area contributed by atoms with Crippen LogP contribution in [0.15, 0.2) is 77.2 Å². The summed E-state index contributed by atoms with van der Waals surface area (Å²) < 4.78 is 1.93. The number of nitrogens with one attached hydrogen (secondary N) is 2. The number of benzene rings is 2. The molecule has 3 aromatic rings. The van der Waals surface area contributed by atoms with E-state index in [9.17, 15) is 9.59 Å². The Bertz CT molecular complexity index is 1390. The van der Waals surface area contributed by atoms with E-state index >= 15 is 0 Å². The second-order valence-corrected chi connectivity index (χ2v) is 9.34. The van der Waals surface area contributed by atoms with Gasteiger partial charge in [-0.2, -0.15) is 5.10 Å². The van der Waals surface area contributed by atoms with Crippen LogP contribution in [-0.4, -0.2) is 41.7 Å². The number of hydrogen-bond acceptors (Lipinski definition) is 5. The van der Waals surface area contributed by atoms with Crippen LogP contribution in [0, 0.1) is 0 Å². The molecule has 0 radical (unpaired) electrons. The lowest BCUT2D eigenvalue weighted by Crippen LogP contribution is -2.31. The van der Waals surface area contributed by atoms with Crippen molar-refractivity contribution in [1.82, 2.24) is 10.2 Å². The highest BCUT2D eigenvalue weighted by Crippen LogP contribution is 2.22. The maximum atomic E-state index is 12.9. The molecule has 0 unspecified atom stereocenters. The molecule has 8 nitrogen and oxygen atoms in total. The SMILES string of the molecule is CN1CCc2ccc(NC(=O)c3cccc(CNC(=O)C4=NN=C(c5ccc[n+](C)c5)C4)c3)cc2C1. The zero-order valence-corrected chi connectivity index (χ0v) is 20.5. The molecule has 5 rings (SSSR count). The van der Waals surface area contributed by atoms with E-state index < -0.39 is 0 Å². The fraction of sp³-hybridized carbons (Fsp3) is 0.250. The van der Waals surface area contributed by atoms with E-state index in [0.29, 0.717) is 24.2 Å². The first kappa shape index (κ1) is 23.6. The molecule has 3 heterocycles. The van der Waals surface area contributed by atoms with E-state index in [1.165, 1.54) is 11.1 Å². The molecule has 0 saturated carbocycles. The number of fused-ring (bicyclic) bond motifs is 1. The van der Waals surface area contributed by atoms with Crippen LogP contribution in [-0.2, 0) is 31.4 Å². The number of amides is 2. The zero-order chi connectivity index (χ0) is 25.1. The summed E-state index contributed by atoms with van der Waals surface area (Å²) in [5.41, 5.74) is 6.83. The summed E-state index contributed by atoms with van der Waals surface area (Å²) in [6.45, 7) is 2.23. The van der Waals surface area contributed by atoms with Gasteiger partial charge in [0.15, 0.2) is 12.4 Å². The molecule has 1 aromatic heterocycles. The first-order valence-corrected chi connectivity index (χ1v) is 12.0. The molecule has 0 spiro atoms. The van der Waals surface area contributed by atoms with Crippen molar-refractivity contribution in [2.75, 3.05) is 18.9 Å². The highest BCUT2D eigenvalue weighted by atomic mass is 16.2. The van der Waals surface area contributed by atoms with E-state index in [2.05, 4.69) is 44.9 Å². The Balaban J connectivity index is 1.17. The first-order chi connectivity index (χ1) is 17.4. The molecule has 2 N–H and O–H groups in total. The van der Waals surface area contributed by atoms with E-state index in [1.807, 2.05) is 54.3 Å². The number of hydrogen-bond donors (Lipinski definition) is 2. The molecule has 0 saturated heterocycles. The number of aromatic nitrogens is 1. The predicted octanol–water partition coefficient (Wildman–Crippen LogP) is 2.62. The molecule has 2 aliphatic rings. The largest absolute Gasteiger partial charge is 0.347 e. The fourth-order valence-corrected chi connectivity index (χ4v) is 4.48. The third-order valence-electron chi connectivity index (χ3n) is 6.47. The van der Waals surface area contributed by atoms with Crippen LogP contribution in [0.5, 0.6) is 0 Å². The van der Waals surface area contributed by atoms with Crippen molar-refractivity contribution in [1.29, 1.82) is 0 Å². The maximum absolute atomic E-state index is 12.9. The summed E-state index contributed by atoms with van der Waals surface area (Å²) in [5, 5.41) is 14.2. The van der Waals surface area contributed by atoms with Gasteiger partial charge in [0.05, 0.1) is 11.3 Å². The quantitative estimate of drug-likeness (QED) is 0.531. The molecule has 2 aromatic carbocycles. The molecule has 36 heavy (non-hydrogen) atoms. The van der Waals surface area contributed by atoms with Gasteiger partial charge in [-0.15, -0.1) is 5.10 Å². The molecule has 0 fully saturated rings. The van der Waals surface area contributed by atoms with Crippen molar-refractivity contribution in [2.45, 2.75) is 25.9 Å². The van der Waals surface area contributed by atoms with Gasteiger partial charge in [0.2, 0.25) is 0 Å². The molecular weight excluding hydrogens is 452 g/mol. The Labute approximate surface area is 210 Å². The molecule has 0 aliphatic carbocycles. The van der Waals surface area contributed by atoms with E-state index in [0.717, 1.165) is 42.0 Å². The van der Waals surface area contributed by atoms with Crippen LogP contribution in [0.4, 0.5) is 5.69 Å². The van der Waals surface area contributed by atoms with Crippen molar-refractivity contribution in [3.8, 4) is 0 Å². The first-order valence-electron chi connectivity index (χ1n) is 12.0. The average Bonchev–Trinajstić information content (AvgIpc) is 3.38. The number of pyridine rings is 1. The van der Waals surface area contributed by atoms with Crippen molar-refractivity contribution >= 4 is 28.9 Å². The second-order valence-electron chi connectivity index (χ2n) is 9.34. The van der Waals surface area contributed by atoms with E-state index in [1.54, 1.807) is 12.1 Å². The molecule has 2 amide bonds. The minimum absolute atomic E-state index is 0.179. The third-order valence-corrected chi connectivity index (χ3v) is 6.47. The van der Waals surface area contributed by atoms with Gasteiger partial charge in [0.25, 0.3) is 11.8 Å². The smallest absolute Gasteiger partial charge is 0.268 e. The summed E-state index contributed by atoms with van der Waals surface area (Å²) in [4.78, 5) is 27.8. The van der Waals surface area contributed by atoms with Crippen LogP contribution >= 0.6 is 0 Å². The maximum Gasteiger partial charge on any atom is 0.268 e. The average molecular weight is 482 g/mol. The van der Waals surface area contributed by atoms with Crippen LogP contribution in [0.2, 0.25) is 0 Å². The van der Waals surface area contributed by atoms with Crippen LogP contribution in [0.1, 0.15) is 39.0 Å². The summed E-state index contributed by atoms with van der Waals surface area (Å²) in [6.07, 6.45) is 5.30. The summed E-state index contributed by atoms with van der Waals surface area (Å²) in [5.74, 6) is -0.440.